The number of anilines is 1. The van der Waals surface area contributed by atoms with Gasteiger partial charge < -0.3 is 14.8 Å². The summed E-state index contributed by atoms with van der Waals surface area (Å²) in [4.78, 5) is 39.8. The van der Waals surface area contributed by atoms with Crippen molar-refractivity contribution in [3.05, 3.63) is 92.1 Å². The Kier molecular flexibility index (Phi) is 6.43. The van der Waals surface area contributed by atoms with Crippen LogP contribution in [0.5, 0.6) is 11.5 Å². The Balaban J connectivity index is 1.92. The van der Waals surface area contributed by atoms with Crippen LogP contribution in [0.1, 0.15) is 5.56 Å². The summed E-state index contributed by atoms with van der Waals surface area (Å²) in [5.74, 6) is 0.191. The molecule has 0 radical (unpaired) electrons. The molecule has 1 heterocycles. The Labute approximate surface area is 199 Å². The molecule has 0 atom stereocenters. The first-order chi connectivity index (χ1) is 16.3. The van der Waals surface area contributed by atoms with Crippen molar-refractivity contribution in [1.82, 2.24) is 9.13 Å². The van der Waals surface area contributed by atoms with Crippen molar-refractivity contribution in [3.8, 4) is 17.2 Å². The number of aromatic nitrogens is 2. The van der Waals surface area contributed by atoms with Gasteiger partial charge in [-0.25, -0.2) is 9.36 Å². The van der Waals surface area contributed by atoms with Gasteiger partial charge in [-0.05, 0) is 43.3 Å². The zero-order valence-corrected chi connectivity index (χ0v) is 19.6. The first kappa shape index (κ1) is 23.1. The molecular formula is C25H22ClN3O5. The van der Waals surface area contributed by atoms with E-state index in [0.29, 0.717) is 27.9 Å². The molecule has 1 N–H and O–H groups in total. The fourth-order valence-electron chi connectivity index (χ4n) is 3.68. The molecule has 3 aromatic carbocycles. The third-order valence-corrected chi connectivity index (χ3v) is 5.59. The molecule has 0 aliphatic carbocycles. The lowest BCUT2D eigenvalue weighted by Crippen LogP contribution is -2.40. The number of ether oxygens (including phenoxy) is 2. The average molecular weight is 480 g/mol. The number of carbonyl (C=O) groups is 1. The molecule has 174 valence electrons. The van der Waals surface area contributed by atoms with E-state index >= 15 is 0 Å². The number of carbonyl (C=O) groups excluding carboxylic acids is 1. The van der Waals surface area contributed by atoms with Crippen LogP contribution in [0.3, 0.4) is 0 Å². The first-order valence-corrected chi connectivity index (χ1v) is 10.7. The number of rotatable bonds is 6. The highest BCUT2D eigenvalue weighted by molar-refractivity contribution is 6.30. The third kappa shape index (κ3) is 4.40. The summed E-state index contributed by atoms with van der Waals surface area (Å²) in [5.41, 5.74) is 0.913. The smallest absolute Gasteiger partial charge is 0.336 e. The van der Waals surface area contributed by atoms with Crippen LogP contribution in [0, 0.1) is 6.92 Å². The fourth-order valence-corrected chi connectivity index (χ4v) is 3.87. The van der Waals surface area contributed by atoms with E-state index in [4.69, 9.17) is 21.1 Å². The topological polar surface area (TPSA) is 91.6 Å². The molecule has 0 spiro atoms. The average Bonchev–Trinajstić information content (AvgIpc) is 2.82. The molecule has 0 fully saturated rings. The van der Waals surface area contributed by atoms with Crippen LogP contribution < -0.4 is 26.0 Å². The molecular weight excluding hydrogens is 458 g/mol. The van der Waals surface area contributed by atoms with Crippen molar-refractivity contribution < 1.29 is 14.3 Å². The van der Waals surface area contributed by atoms with Crippen LogP contribution >= 0.6 is 11.6 Å². The summed E-state index contributed by atoms with van der Waals surface area (Å²) in [6.07, 6.45) is 0. The zero-order valence-electron chi connectivity index (χ0n) is 18.8. The lowest BCUT2D eigenvalue weighted by molar-refractivity contribution is -0.116. The van der Waals surface area contributed by atoms with Crippen molar-refractivity contribution in [3.63, 3.8) is 0 Å². The van der Waals surface area contributed by atoms with Gasteiger partial charge in [0, 0.05) is 16.8 Å². The Morgan fingerprint density at radius 3 is 2.29 bits per heavy atom. The van der Waals surface area contributed by atoms with Crippen LogP contribution in [-0.4, -0.2) is 29.3 Å². The number of nitrogens with zero attached hydrogens (tertiary/aromatic N) is 2. The number of hydrogen-bond donors (Lipinski definition) is 1. The predicted octanol–water partition coefficient (Wildman–Crippen LogP) is 3.77. The second-order valence-corrected chi connectivity index (χ2v) is 8.06. The predicted molar refractivity (Wildman–Crippen MR) is 132 cm³/mol. The number of aryl methyl sites for hydroxylation is 1. The van der Waals surface area contributed by atoms with Gasteiger partial charge in [-0.1, -0.05) is 35.4 Å². The van der Waals surface area contributed by atoms with Gasteiger partial charge in [0.1, 0.15) is 6.54 Å². The minimum absolute atomic E-state index is 0.202. The first-order valence-electron chi connectivity index (χ1n) is 10.4. The molecule has 0 saturated carbocycles. The second-order valence-electron chi connectivity index (χ2n) is 7.63. The molecule has 0 bridgehead atoms. The minimum Gasteiger partial charge on any atom is -0.493 e. The Bertz CT molecular complexity index is 1510. The maximum absolute atomic E-state index is 13.5. The molecule has 4 rings (SSSR count). The van der Waals surface area contributed by atoms with Crippen molar-refractivity contribution in [2.45, 2.75) is 13.5 Å². The Morgan fingerprint density at radius 2 is 1.65 bits per heavy atom. The SMILES string of the molecule is COc1cc2c(=O)n(-c3ccc(C)cc3)c(=O)n(CC(=O)Nc3cccc(Cl)c3)c2cc1OC. The van der Waals surface area contributed by atoms with Gasteiger partial charge in [0.2, 0.25) is 5.91 Å². The highest BCUT2D eigenvalue weighted by atomic mass is 35.5. The zero-order chi connectivity index (χ0) is 24.4. The normalized spacial score (nSPS) is 10.8. The molecule has 9 heteroatoms. The van der Waals surface area contributed by atoms with Gasteiger partial charge >= 0.3 is 5.69 Å². The maximum atomic E-state index is 13.5. The number of nitrogens with one attached hydrogen (secondary N) is 1. The number of methoxy groups -OCH3 is 2. The molecule has 1 amide bonds. The molecule has 1 aromatic heterocycles. The summed E-state index contributed by atoms with van der Waals surface area (Å²) < 4.78 is 13.0. The highest BCUT2D eigenvalue weighted by Gasteiger charge is 2.19. The quantitative estimate of drug-likeness (QED) is 0.454. The van der Waals surface area contributed by atoms with Crippen LogP contribution in [0.2, 0.25) is 5.02 Å². The van der Waals surface area contributed by atoms with Gasteiger partial charge in [-0.15, -0.1) is 0 Å². The Hall–Kier alpha value is -4.04. The number of benzene rings is 3. The second kappa shape index (κ2) is 9.44. The summed E-state index contributed by atoms with van der Waals surface area (Å²) >= 11 is 6.00. The molecule has 34 heavy (non-hydrogen) atoms. The van der Waals surface area contributed by atoms with E-state index < -0.39 is 17.2 Å². The minimum atomic E-state index is -0.658. The van der Waals surface area contributed by atoms with Crippen LogP contribution in [0.4, 0.5) is 5.69 Å². The van der Waals surface area contributed by atoms with Crippen LogP contribution in [0.25, 0.3) is 16.6 Å². The van der Waals surface area contributed by atoms with Crippen LogP contribution in [-0.2, 0) is 11.3 Å². The van der Waals surface area contributed by atoms with E-state index in [0.717, 1.165) is 10.1 Å². The van der Waals surface area contributed by atoms with E-state index in [1.165, 1.54) is 30.9 Å². The lowest BCUT2D eigenvalue weighted by Gasteiger charge is -2.16. The number of amides is 1. The number of halogens is 1. The van der Waals surface area contributed by atoms with Crippen molar-refractivity contribution in [2.75, 3.05) is 19.5 Å². The molecule has 0 saturated heterocycles. The number of hydrogen-bond acceptors (Lipinski definition) is 5. The summed E-state index contributed by atoms with van der Waals surface area (Å²) in [5, 5.41) is 3.39. The summed E-state index contributed by atoms with van der Waals surface area (Å²) in [6, 6.07) is 16.7. The van der Waals surface area contributed by atoms with Gasteiger partial charge in [-0.3, -0.25) is 14.2 Å². The highest BCUT2D eigenvalue weighted by Crippen LogP contribution is 2.30. The number of fused-ring (bicyclic) bond motifs is 1. The van der Waals surface area contributed by atoms with E-state index in [2.05, 4.69) is 5.32 Å². The van der Waals surface area contributed by atoms with Crippen molar-refractivity contribution >= 4 is 34.1 Å². The Morgan fingerprint density at radius 1 is 0.971 bits per heavy atom. The molecule has 0 unspecified atom stereocenters. The van der Waals surface area contributed by atoms with Crippen molar-refractivity contribution in [2.24, 2.45) is 0 Å². The largest absolute Gasteiger partial charge is 0.493 e. The van der Waals surface area contributed by atoms with E-state index in [9.17, 15) is 14.4 Å². The summed E-state index contributed by atoms with van der Waals surface area (Å²) in [7, 11) is 2.90. The van der Waals surface area contributed by atoms with Gasteiger partial charge in [0.15, 0.2) is 11.5 Å². The van der Waals surface area contributed by atoms with Gasteiger partial charge in [0.25, 0.3) is 5.56 Å². The molecule has 0 aliphatic rings. The van der Waals surface area contributed by atoms with Gasteiger partial charge in [0.05, 0.1) is 30.8 Å². The fraction of sp³-hybridized carbons (Fsp3) is 0.160. The molecule has 8 nitrogen and oxygen atoms in total. The van der Waals surface area contributed by atoms with Gasteiger partial charge in [-0.2, -0.15) is 0 Å². The molecule has 0 aliphatic heterocycles. The third-order valence-electron chi connectivity index (χ3n) is 5.35. The monoisotopic (exact) mass is 479 g/mol. The lowest BCUT2D eigenvalue weighted by atomic mass is 10.2. The summed E-state index contributed by atoms with van der Waals surface area (Å²) in [6.45, 7) is 1.56. The standard InChI is InChI=1S/C25H22ClN3O5/c1-15-7-9-18(10-8-15)29-24(31)19-12-21(33-2)22(34-3)13-20(19)28(25(29)32)14-23(30)27-17-6-4-5-16(26)11-17/h4-13H,14H2,1-3H3,(H,27,30). The van der Waals surface area contributed by atoms with E-state index in [1.54, 1.807) is 48.5 Å². The van der Waals surface area contributed by atoms with E-state index in [-0.39, 0.29) is 17.4 Å². The van der Waals surface area contributed by atoms with Crippen LogP contribution in [0.15, 0.2) is 70.3 Å². The molecule has 4 aromatic rings. The van der Waals surface area contributed by atoms with Crippen molar-refractivity contribution in [1.29, 1.82) is 0 Å². The van der Waals surface area contributed by atoms with E-state index in [1.807, 2.05) is 6.92 Å². The maximum Gasteiger partial charge on any atom is 0.336 e.